The molecule has 5 heteroatoms. The van der Waals surface area contributed by atoms with E-state index in [1.54, 1.807) is 4.90 Å². The second-order valence-electron chi connectivity index (χ2n) is 6.84. The van der Waals surface area contributed by atoms with Crippen molar-refractivity contribution in [1.29, 1.82) is 0 Å². The van der Waals surface area contributed by atoms with Gasteiger partial charge in [0.2, 0.25) is 0 Å². The number of carbonyl (C=O) groups is 1. The molecular weight excluding hydrogens is 314 g/mol. The predicted molar refractivity (Wildman–Crippen MR) is 99.4 cm³/mol. The molecule has 0 unspecified atom stereocenters. The third-order valence-corrected chi connectivity index (χ3v) is 5.16. The summed E-state index contributed by atoms with van der Waals surface area (Å²) in [6.07, 6.45) is 1.83. The van der Waals surface area contributed by atoms with Gasteiger partial charge in [-0.3, -0.25) is 0 Å². The van der Waals surface area contributed by atoms with Crippen LogP contribution in [0.4, 0.5) is 4.79 Å². The molecule has 1 fully saturated rings. The maximum atomic E-state index is 11.2. The summed E-state index contributed by atoms with van der Waals surface area (Å²) in [6, 6.07) is 14.8. The number of benzene rings is 2. The van der Waals surface area contributed by atoms with Crippen LogP contribution in [0.2, 0.25) is 0 Å². The monoisotopic (exact) mass is 337 g/mol. The fraction of sp³-hybridized carbons (Fsp3) is 0.350. The number of piperidine rings is 1. The smallest absolute Gasteiger partial charge is 0.314 e. The van der Waals surface area contributed by atoms with Gasteiger partial charge >= 0.3 is 6.03 Å². The Hall–Kier alpha value is -2.53. The Morgan fingerprint density at radius 2 is 1.96 bits per heavy atom. The van der Waals surface area contributed by atoms with Crippen LogP contribution in [0.25, 0.3) is 21.7 Å². The molecule has 130 valence electrons. The largest absolute Gasteiger partial charge is 0.459 e. The molecule has 1 atom stereocenters. The molecule has 0 bridgehead atoms. The van der Waals surface area contributed by atoms with Crippen molar-refractivity contribution in [3.8, 4) is 0 Å². The quantitative estimate of drug-likeness (QED) is 0.764. The van der Waals surface area contributed by atoms with E-state index in [-0.39, 0.29) is 12.1 Å². The number of nitrogens with one attached hydrogen (secondary N) is 1. The van der Waals surface area contributed by atoms with Gasteiger partial charge in [0.25, 0.3) is 0 Å². The van der Waals surface area contributed by atoms with Gasteiger partial charge in [-0.25, -0.2) is 4.79 Å². The number of likely N-dealkylation sites (tertiary alicyclic amines) is 1. The molecule has 2 aromatic carbocycles. The van der Waals surface area contributed by atoms with E-state index in [0.717, 1.165) is 29.6 Å². The van der Waals surface area contributed by atoms with Crippen LogP contribution in [0, 0.1) is 0 Å². The van der Waals surface area contributed by atoms with Crippen molar-refractivity contribution in [1.82, 2.24) is 10.2 Å². The van der Waals surface area contributed by atoms with Crippen LogP contribution in [-0.2, 0) is 0 Å². The average Bonchev–Trinajstić information content (AvgIpc) is 3.07. The summed E-state index contributed by atoms with van der Waals surface area (Å²) in [5.41, 5.74) is 6.27. The van der Waals surface area contributed by atoms with Gasteiger partial charge in [-0.1, -0.05) is 30.3 Å². The van der Waals surface area contributed by atoms with Crippen molar-refractivity contribution < 1.29 is 9.21 Å². The lowest BCUT2D eigenvalue weighted by Crippen LogP contribution is -2.47. The molecular formula is C20H23N3O2. The highest BCUT2D eigenvalue weighted by Crippen LogP contribution is 2.30. The third kappa shape index (κ3) is 3.07. The molecule has 25 heavy (non-hydrogen) atoms. The number of nitrogens with zero attached hydrogens (tertiary/aromatic N) is 1. The minimum atomic E-state index is -0.323. The van der Waals surface area contributed by atoms with E-state index in [9.17, 15) is 4.79 Å². The number of nitrogens with two attached hydrogens (primary N) is 1. The highest BCUT2D eigenvalue weighted by Gasteiger charge is 2.23. The summed E-state index contributed by atoms with van der Waals surface area (Å²) in [5.74, 6) is 0.948. The first-order valence-corrected chi connectivity index (χ1v) is 8.83. The van der Waals surface area contributed by atoms with Crippen molar-refractivity contribution in [2.24, 2.45) is 5.73 Å². The minimum Gasteiger partial charge on any atom is -0.459 e. The Balaban J connectivity index is 1.52. The molecule has 0 saturated carbocycles. The number of fused-ring (bicyclic) bond motifs is 3. The van der Waals surface area contributed by atoms with E-state index >= 15 is 0 Å². The first-order chi connectivity index (χ1) is 12.1. The summed E-state index contributed by atoms with van der Waals surface area (Å²) < 4.78 is 6.09. The molecule has 2 heterocycles. The predicted octanol–water partition coefficient (Wildman–Crippen LogP) is 3.78. The van der Waals surface area contributed by atoms with Crippen LogP contribution >= 0.6 is 0 Å². The van der Waals surface area contributed by atoms with Gasteiger partial charge in [0.1, 0.15) is 11.3 Å². The second-order valence-corrected chi connectivity index (χ2v) is 6.84. The van der Waals surface area contributed by atoms with E-state index in [1.165, 1.54) is 10.8 Å². The molecule has 1 aliphatic rings. The summed E-state index contributed by atoms with van der Waals surface area (Å²) in [5, 5.41) is 7.23. The summed E-state index contributed by atoms with van der Waals surface area (Å²) in [6.45, 7) is 3.55. The number of hydrogen-bond acceptors (Lipinski definition) is 3. The number of primary amides is 1. The molecule has 1 aromatic heterocycles. The van der Waals surface area contributed by atoms with E-state index in [1.807, 2.05) is 6.07 Å². The Bertz CT molecular complexity index is 910. The van der Waals surface area contributed by atoms with Crippen LogP contribution in [0.15, 0.2) is 46.9 Å². The first-order valence-electron chi connectivity index (χ1n) is 8.83. The maximum absolute atomic E-state index is 11.2. The topological polar surface area (TPSA) is 71.5 Å². The zero-order valence-electron chi connectivity index (χ0n) is 14.4. The Labute approximate surface area is 146 Å². The van der Waals surface area contributed by atoms with E-state index in [2.05, 4.69) is 48.6 Å². The van der Waals surface area contributed by atoms with Crippen molar-refractivity contribution in [3.05, 3.63) is 48.2 Å². The zero-order chi connectivity index (χ0) is 17.4. The summed E-state index contributed by atoms with van der Waals surface area (Å²) >= 11 is 0. The lowest BCUT2D eigenvalue weighted by molar-refractivity contribution is 0.182. The van der Waals surface area contributed by atoms with E-state index in [4.69, 9.17) is 10.2 Å². The third-order valence-electron chi connectivity index (χ3n) is 5.16. The number of rotatable bonds is 3. The Morgan fingerprint density at radius 3 is 2.72 bits per heavy atom. The van der Waals surface area contributed by atoms with Gasteiger partial charge in [-0.2, -0.15) is 0 Å². The van der Waals surface area contributed by atoms with Crippen molar-refractivity contribution in [3.63, 3.8) is 0 Å². The molecule has 5 nitrogen and oxygen atoms in total. The molecule has 0 radical (unpaired) electrons. The van der Waals surface area contributed by atoms with Gasteiger partial charge < -0.3 is 20.4 Å². The Morgan fingerprint density at radius 1 is 1.20 bits per heavy atom. The molecule has 4 rings (SSSR count). The molecule has 3 aromatic rings. The van der Waals surface area contributed by atoms with Crippen molar-refractivity contribution in [2.45, 2.75) is 31.8 Å². The summed E-state index contributed by atoms with van der Waals surface area (Å²) in [7, 11) is 0. The van der Waals surface area contributed by atoms with Gasteiger partial charge in [0.05, 0.1) is 6.04 Å². The van der Waals surface area contributed by atoms with Crippen LogP contribution < -0.4 is 11.1 Å². The number of furan rings is 1. The standard InChI is InChI=1S/C20H23N3O2/c1-13(22-15-8-10-23(11-9-15)20(21)24)19-12-17-16-5-3-2-4-14(16)6-7-18(17)25-19/h2-7,12-13,15,22H,8-11H2,1H3,(H2,21,24)/t13-/m0/s1. The highest BCUT2D eigenvalue weighted by atomic mass is 16.3. The second kappa shape index (κ2) is 6.41. The minimum absolute atomic E-state index is 0.122. The van der Waals surface area contributed by atoms with Gasteiger partial charge in [-0.05, 0) is 42.7 Å². The van der Waals surface area contributed by atoms with Crippen LogP contribution in [-0.4, -0.2) is 30.1 Å². The highest BCUT2D eigenvalue weighted by molar-refractivity contribution is 6.05. The van der Waals surface area contributed by atoms with E-state index in [0.29, 0.717) is 19.1 Å². The molecule has 3 N–H and O–H groups in total. The average molecular weight is 337 g/mol. The van der Waals surface area contributed by atoms with Crippen LogP contribution in [0.1, 0.15) is 31.6 Å². The lowest BCUT2D eigenvalue weighted by Gasteiger charge is -2.32. The first kappa shape index (κ1) is 16.0. The van der Waals surface area contributed by atoms with Crippen LogP contribution in [0.5, 0.6) is 0 Å². The van der Waals surface area contributed by atoms with Crippen LogP contribution in [0.3, 0.4) is 0 Å². The van der Waals surface area contributed by atoms with Crippen molar-refractivity contribution in [2.75, 3.05) is 13.1 Å². The van der Waals surface area contributed by atoms with Crippen molar-refractivity contribution >= 4 is 27.8 Å². The molecule has 1 aliphatic heterocycles. The number of hydrogen-bond donors (Lipinski definition) is 2. The number of urea groups is 1. The normalized spacial score (nSPS) is 17.2. The van der Waals surface area contributed by atoms with Gasteiger partial charge in [0, 0.05) is 24.5 Å². The van der Waals surface area contributed by atoms with Gasteiger partial charge in [-0.15, -0.1) is 0 Å². The molecule has 0 spiro atoms. The maximum Gasteiger partial charge on any atom is 0.314 e. The number of amides is 2. The van der Waals surface area contributed by atoms with Gasteiger partial charge in [0.15, 0.2) is 0 Å². The molecule has 2 amide bonds. The summed E-state index contributed by atoms with van der Waals surface area (Å²) in [4.78, 5) is 12.9. The molecule has 0 aliphatic carbocycles. The SMILES string of the molecule is C[C@H](NC1CCN(C(N)=O)CC1)c1cc2c(ccc3ccccc32)o1. The fourth-order valence-corrected chi connectivity index (χ4v) is 3.73. The molecule has 1 saturated heterocycles. The fourth-order valence-electron chi connectivity index (χ4n) is 3.73. The number of carbonyl (C=O) groups excluding carboxylic acids is 1. The Kier molecular flexibility index (Phi) is 4.09. The zero-order valence-corrected chi connectivity index (χ0v) is 14.4. The van der Waals surface area contributed by atoms with E-state index < -0.39 is 0 Å². The lowest BCUT2D eigenvalue weighted by atomic mass is 10.0.